The van der Waals surface area contributed by atoms with Gasteiger partial charge in [0.2, 0.25) is 5.91 Å². The van der Waals surface area contributed by atoms with E-state index in [2.05, 4.69) is 26.2 Å². The first-order valence-electron chi connectivity index (χ1n) is 5.98. The molecule has 3 rings (SSSR count). The van der Waals surface area contributed by atoms with Crippen molar-refractivity contribution in [3.8, 4) is 5.75 Å². The Hall–Kier alpha value is -1.95. The van der Waals surface area contributed by atoms with Gasteiger partial charge >= 0.3 is 0 Å². The largest absolute Gasteiger partial charge is 0.492 e. The number of pyridine rings is 1. The number of nitrogens with zero attached hydrogens (tertiary/aromatic N) is 1. The third-order valence-corrected chi connectivity index (χ3v) is 3.59. The second-order valence-electron chi connectivity index (χ2n) is 4.39. The number of anilines is 1. The standard InChI is InChI=1S/C14H10BrFN2O2/c15-8-1-2-13-9(5-8)10(7-20-13)14(19)18-12-3-4-17-6-11(12)16/h1-6,10H,7H2,(H,17,18,19). The molecule has 0 saturated heterocycles. The van der Waals surface area contributed by atoms with Crippen LogP contribution in [-0.2, 0) is 4.79 Å². The van der Waals surface area contributed by atoms with Crippen molar-refractivity contribution in [3.63, 3.8) is 0 Å². The molecule has 0 aliphatic carbocycles. The number of hydrogen-bond donors (Lipinski definition) is 1. The second kappa shape index (κ2) is 5.20. The first-order valence-corrected chi connectivity index (χ1v) is 6.77. The van der Waals surface area contributed by atoms with Crippen LogP contribution in [0.15, 0.2) is 41.1 Å². The van der Waals surface area contributed by atoms with Gasteiger partial charge in [-0.3, -0.25) is 9.78 Å². The highest BCUT2D eigenvalue weighted by Crippen LogP contribution is 2.36. The molecule has 2 heterocycles. The van der Waals surface area contributed by atoms with Crippen LogP contribution in [0.4, 0.5) is 10.1 Å². The fourth-order valence-electron chi connectivity index (χ4n) is 2.10. The summed E-state index contributed by atoms with van der Waals surface area (Å²) >= 11 is 3.36. The summed E-state index contributed by atoms with van der Waals surface area (Å²) in [7, 11) is 0. The molecule has 102 valence electrons. The highest BCUT2D eigenvalue weighted by atomic mass is 79.9. The number of ether oxygens (including phenoxy) is 1. The van der Waals surface area contributed by atoms with Gasteiger partial charge in [-0.15, -0.1) is 0 Å². The first-order chi connectivity index (χ1) is 9.65. The van der Waals surface area contributed by atoms with Gasteiger partial charge in [-0.2, -0.15) is 0 Å². The van der Waals surface area contributed by atoms with Crippen molar-refractivity contribution >= 4 is 27.5 Å². The Kier molecular flexibility index (Phi) is 3.40. The minimum Gasteiger partial charge on any atom is -0.492 e. The smallest absolute Gasteiger partial charge is 0.235 e. The Bertz CT molecular complexity index is 678. The molecule has 1 unspecified atom stereocenters. The fourth-order valence-corrected chi connectivity index (χ4v) is 2.48. The van der Waals surface area contributed by atoms with Gasteiger partial charge in [0, 0.05) is 16.2 Å². The molecule has 1 aromatic heterocycles. The number of carbonyl (C=O) groups excluding carboxylic acids is 1. The van der Waals surface area contributed by atoms with Gasteiger partial charge in [-0.05, 0) is 24.3 Å². The van der Waals surface area contributed by atoms with E-state index in [1.54, 1.807) is 6.07 Å². The van der Waals surface area contributed by atoms with E-state index in [1.165, 1.54) is 12.3 Å². The predicted molar refractivity (Wildman–Crippen MR) is 75.2 cm³/mol. The lowest BCUT2D eigenvalue weighted by Crippen LogP contribution is -2.22. The Morgan fingerprint density at radius 3 is 3.10 bits per heavy atom. The topological polar surface area (TPSA) is 51.2 Å². The summed E-state index contributed by atoms with van der Waals surface area (Å²) in [5.74, 6) is -0.625. The second-order valence-corrected chi connectivity index (χ2v) is 5.31. The summed E-state index contributed by atoms with van der Waals surface area (Å²) in [4.78, 5) is 15.9. The summed E-state index contributed by atoms with van der Waals surface area (Å²) in [5, 5.41) is 2.56. The van der Waals surface area contributed by atoms with Gasteiger partial charge in [0.25, 0.3) is 0 Å². The van der Waals surface area contributed by atoms with Crippen molar-refractivity contribution in [2.24, 2.45) is 0 Å². The van der Waals surface area contributed by atoms with Gasteiger partial charge in [0.05, 0.1) is 11.9 Å². The van der Waals surface area contributed by atoms with E-state index in [0.717, 1.165) is 16.2 Å². The molecule has 20 heavy (non-hydrogen) atoms. The summed E-state index contributed by atoms with van der Waals surface area (Å²) in [6, 6.07) is 6.92. The Labute approximate surface area is 123 Å². The molecular formula is C14H10BrFN2O2. The minimum atomic E-state index is -0.561. The molecule has 2 aromatic rings. The molecule has 1 amide bonds. The van der Waals surface area contributed by atoms with Crippen molar-refractivity contribution in [2.75, 3.05) is 11.9 Å². The molecule has 0 radical (unpaired) electrons. The van der Waals surface area contributed by atoms with Gasteiger partial charge in [-0.25, -0.2) is 4.39 Å². The van der Waals surface area contributed by atoms with E-state index in [9.17, 15) is 9.18 Å². The summed E-state index contributed by atoms with van der Waals surface area (Å²) in [6.45, 7) is 0.254. The maximum atomic E-state index is 13.5. The van der Waals surface area contributed by atoms with Crippen LogP contribution < -0.4 is 10.1 Å². The van der Waals surface area contributed by atoms with E-state index in [0.29, 0.717) is 5.75 Å². The zero-order chi connectivity index (χ0) is 14.1. The zero-order valence-corrected chi connectivity index (χ0v) is 11.9. The average Bonchev–Trinajstić information content (AvgIpc) is 2.84. The lowest BCUT2D eigenvalue weighted by molar-refractivity contribution is -0.117. The van der Waals surface area contributed by atoms with Crippen LogP contribution in [-0.4, -0.2) is 17.5 Å². The van der Waals surface area contributed by atoms with E-state index in [-0.39, 0.29) is 18.2 Å². The van der Waals surface area contributed by atoms with Crippen LogP contribution >= 0.6 is 15.9 Å². The summed E-state index contributed by atoms with van der Waals surface area (Å²) in [5.41, 5.74) is 0.916. The maximum Gasteiger partial charge on any atom is 0.235 e. The third-order valence-electron chi connectivity index (χ3n) is 3.10. The molecule has 1 atom stereocenters. The molecule has 6 heteroatoms. The van der Waals surface area contributed by atoms with Crippen LogP contribution in [0.25, 0.3) is 0 Å². The Morgan fingerprint density at radius 1 is 1.45 bits per heavy atom. The number of halogens is 2. The number of fused-ring (bicyclic) bond motifs is 1. The van der Waals surface area contributed by atoms with E-state index < -0.39 is 11.7 Å². The molecule has 0 bridgehead atoms. The normalized spacial score (nSPS) is 16.4. The molecule has 4 nitrogen and oxygen atoms in total. The van der Waals surface area contributed by atoms with Crippen molar-refractivity contribution in [2.45, 2.75) is 5.92 Å². The number of benzene rings is 1. The molecular weight excluding hydrogens is 327 g/mol. The van der Waals surface area contributed by atoms with E-state index >= 15 is 0 Å². The summed E-state index contributed by atoms with van der Waals surface area (Å²) < 4.78 is 19.8. The lowest BCUT2D eigenvalue weighted by atomic mass is 10.0. The van der Waals surface area contributed by atoms with Crippen LogP contribution in [0, 0.1) is 5.82 Å². The number of rotatable bonds is 2. The van der Waals surface area contributed by atoms with Gasteiger partial charge in [0.15, 0.2) is 5.82 Å². The number of amides is 1. The highest BCUT2D eigenvalue weighted by Gasteiger charge is 2.30. The monoisotopic (exact) mass is 336 g/mol. The quantitative estimate of drug-likeness (QED) is 0.916. The third kappa shape index (κ3) is 2.38. The van der Waals surface area contributed by atoms with Crippen molar-refractivity contribution in [1.82, 2.24) is 4.98 Å². The zero-order valence-electron chi connectivity index (χ0n) is 10.3. The van der Waals surface area contributed by atoms with Gasteiger partial charge in [0.1, 0.15) is 18.3 Å². The molecule has 1 aliphatic heterocycles. The summed E-state index contributed by atoms with van der Waals surface area (Å²) in [6.07, 6.45) is 2.49. The van der Waals surface area contributed by atoms with Gasteiger partial charge in [-0.1, -0.05) is 15.9 Å². The SMILES string of the molecule is O=C(Nc1ccncc1F)C1COc2ccc(Br)cc21. The van der Waals surface area contributed by atoms with Crippen molar-refractivity contribution < 1.29 is 13.9 Å². The van der Waals surface area contributed by atoms with Crippen LogP contribution in [0.2, 0.25) is 0 Å². The highest BCUT2D eigenvalue weighted by molar-refractivity contribution is 9.10. The fraction of sp³-hybridized carbons (Fsp3) is 0.143. The molecule has 0 spiro atoms. The average molecular weight is 337 g/mol. The van der Waals surface area contributed by atoms with Crippen molar-refractivity contribution in [1.29, 1.82) is 0 Å². The van der Waals surface area contributed by atoms with Gasteiger partial charge < -0.3 is 10.1 Å². The maximum absolute atomic E-state index is 13.5. The van der Waals surface area contributed by atoms with Crippen LogP contribution in [0.3, 0.4) is 0 Å². The number of aromatic nitrogens is 1. The van der Waals surface area contributed by atoms with Crippen LogP contribution in [0.5, 0.6) is 5.75 Å². The predicted octanol–water partition coefficient (Wildman–Crippen LogP) is 3.10. The molecule has 1 aliphatic rings. The lowest BCUT2D eigenvalue weighted by Gasteiger charge is -2.10. The molecule has 1 aromatic carbocycles. The molecule has 0 saturated carbocycles. The van der Waals surface area contributed by atoms with E-state index in [4.69, 9.17) is 4.74 Å². The first kappa shape index (κ1) is 13.1. The Balaban J connectivity index is 1.84. The Morgan fingerprint density at radius 2 is 2.30 bits per heavy atom. The van der Waals surface area contributed by atoms with Crippen LogP contribution in [0.1, 0.15) is 11.5 Å². The number of hydrogen-bond acceptors (Lipinski definition) is 3. The minimum absolute atomic E-state index is 0.119. The van der Waals surface area contributed by atoms with E-state index in [1.807, 2.05) is 12.1 Å². The molecule has 0 fully saturated rings. The number of carbonyl (C=O) groups is 1. The number of nitrogens with one attached hydrogen (secondary N) is 1. The van der Waals surface area contributed by atoms with Crippen molar-refractivity contribution in [3.05, 3.63) is 52.5 Å². The molecule has 1 N–H and O–H groups in total.